The molecule has 9 nitrogen and oxygen atoms in total. The monoisotopic (exact) mass is 439 g/mol. The smallest absolute Gasteiger partial charge is 0.264 e. The quantitative estimate of drug-likeness (QED) is 0.518. The Hall–Kier alpha value is -1.71. The molecular weight excluding hydrogens is 406 g/mol. The first-order valence-corrected chi connectivity index (χ1v) is 11.6. The Morgan fingerprint density at radius 3 is 1.18 bits per heavy atom. The molecule has 28 heavy (non-hydrogen) atoms. The minimum absolute atomic E-state index is 0. The summed E-state index contributed by atoms with van der Waals surface area (Å²) < 4.78 is 52.1. The van der Waals surface area contributed by atoms with E-state index in [1.54, 1.807) is 6.07 Å². The van der Waals surface area contributed by atoms with Gasteiger partial charge in [0, 0.05) is 25.2 Å². The lowest BCUT2D eigenvalue weighted by Gasteiger charge is -2.15. The molecule has 0 amide bonds. The molecular formula is C17H33N3O6S2. The van der Waals surface area contributed by atoms with E-state index in [0.29, 0.717) is 6.42 Å². The third-order valence-corrected chi connectivity index (χ3v) is 3.85. The van der Waals surface area contributed by atoms with Gasteiger partial charge in [-0.3, -0.25) is 8.37 Å². The molecule has 0 aliphatic rings. The first kappa shape index (κ1) is 33.8. The highest BCUT2D eigenvalue weighted by Gasteiger charge is 2.17. The molecule has 0 radical (unpaired) electrons. The van der Waals surface area contributed by atoms with Crippen LogP contribution in [0.25, 0.3) is 0 Å². The molecule has 4 atom stereocenters. The van der Waals surface area contributed by atoms with Crippen LogP contribution in [0.5, 0.6) is 0 Å². The molecule has 0 fully saturated rings. The first-order chi connectivity index (χ1) is 12.1. The fraction of sp³-hybridized carbons (Fsp3) is 0.824. The van der Waals surface area contributed by atoms with E-state index in [4.69, 9.17) is 15.8 Å². The Morgan fingerprint density at radius 2 is 1.00 bits per heavy atom. The van der Waals surface area contributed by atoms with Crippen molar-refractivity contribution >= 4 is 20.2 Å². The summed E-state index contributed by atoms with van der Waals surface area (Å²) in [4.78, 5) is 0. The van der Waals surface area contributed by atoms with Gasteiger partial charge < -0.3 is 0 Å². The van der Waals surface area contributed by atoms with Crippen molar-refractivity contribution in [2.45, 2.75) is 67.1 Å². The second-order valence-corrected chi connectivity index (χ2v) is 9.18. The highest BCUT2D eigenvalue weighted by atomic mass is 32.2. The zero-order valence-corrected chi connectivity index (χ0v) is 18.5. The fourth-order valence-corrected chi connectivity index (χ4v) is 3.13. The van der Waals surface area contributed by atoms with Crippen LogP contribution in [-0.4, -0.2) is 41.6 Å². The van der Waals surface area contributed by atoms with Crippen molar-refractivity contribution in [1.29, 1.82) is 15.8 Å². The van der Waals surface area contributed by atoms with Crippen LogP contribution in [0.15, 0.2) is 0 Å². The average molecular weight is 440 g/mol. The van der Waals surface area contributed by atoms with Gasteiger partial charge in [-0.25, -0.2) is 0 Å². The number of rotatable bonds is 8. The molecule has 0 N–H and O–H groups in total. The van der Waals surface area contributed by atoms with Crippen molar-refractivity contribution in [2.75, 3.05) is 12.5 Å². The summed E-state index contributed by atoms with van der Waals surface area (Å²) in [5.74, 6) is 0.0271. The van der Waals surface area contributed by atoms with Gasteiger partial charge in [0.2, 0.25) is 0 Å². The highest BCUT2D eigenvalue weighted by Crippen LogP contribution is 2.10. The lowest BCUT2D eigenvalue weighted by Crippen LogP contribution is -2.22. The molecule has 0 bridgehead atoms. The van der Waals surface area contributed by atoms with Crippen LogP contribution in [0.4, 0.5) is 0 Å². The number of nitrogens with zero attached hydrogens (tertiary/aromatic N) is 3. The molecule has 0 aromatic carbocycles. The molecule has 0 aliphatic heterocycles. The molecule has 0 spiro atoms. The fourth-order valence-electron chi connectivity index (χ4n) is 1.78. The maximum Gasteiger partial charge on any atom is 0.264 e. The normalized spacial score (nSPS) is 14.4. The standard InChI is InChI=1S/C7H10N2.C7H16O6S2.C2H3N.CH4/c1-6(4-8)3-7(2)5-9;1-6(12-14(3,8)9)5-7(2)13-15(4,10)11;1-2-3;/h6-7H,3H2,1-2H3;6-7H,5H2,1-4H3;1H3;1H4/t2*6-,7-;;/m10../s1. The molecule has 0 rings (SSSR count). The van der Waals surface area contributed by atoms with Crippen LogP contribution >= 0.6 is 0 Å². The van der Waals surface area contributed by atoms with Crippen molar-refractivity contribution in [3.63, 3.8) is 0 Å². The largest absolute Gasteiger partial charge is 0.267 e. The van der Waals surface area contributed by atoms with Crippen LogP contribution in [0, 0.1) is 45.8 Å². The van der Waals surface area contributed by atoms with Gasteiger partial charge in [-0.2, -0.15) is 32.6 Å². The van der Waals surface area contributed by atoms with Gasteiger partial charge in [-0.15, -0.1) is 0 Å². The molecule has 0 saturated carbocycles. The zero-order valence-electron chi connectivity index (χ0n) is 16.8. The van der Waals surface area contributed by atoms with Crippen molar-refractivity contribution < 1.29 is 25.2 Å². The van der Waals surface area contributed by atoms with E-state index in [1.165, 1.54) is 20.8 Å². The van der Waals surface area contributed by atoms with Gasteiger partial charge in [0.15, 0.2) is 0 Å². The molecule has 11 heteroatoms. The Morgan fingerprint density at radius 1 is 0.750 bits per heavy atom. The second-order valence-electron chi connectivity index (χ2n) is 5.98. The van der Waals surface area contributed by atoms with Crippen LogP contribution in [0.2, 0.25) is 0 Å². The summed E-state index contributed by atoms with van der Waals surface area (Å²) in [7, 11) is -7.04. The first-order valence-electron chi connectivity index (χ1n) is 7.98. The van der Waals surface area contributed by atoms with Gasteiger partial charge in [0.25, 0.3) is 20.2 Å². The lowest BCUT2D eigenvalue weighted by atomic mass is 10.0. The van der Waals surface area contributed by atoms with Crippen molar-refractivity contribution in [3.8, 4) is 18.2 Å². The molecule has 0 aromatic rings. The van der Waals surface area contributed by atoms with E-state index in [1.807, 2.05) is 13.8 Å². The van der Waals surface area contributed by atoms with Crippen LogP contribution in [0.3, 0.4) is 0 Å². The summed E-state index contributed by atoms with van der Waals surface area (Å²) in [5.41, 5.74) is 0. The number of nitriles is 3. The van der Waals surface area contributed by atoms with E-state index in [0.717, 1.165) is 12.5 Å². The van der Waals surface area contributed by atoms with E-state index in [2.05, 4.69) is 20.5 Å². The topological polar surface area (TPSA) is 158 Å². The van der Waals surface area contributed by atoms with Gasteiger partial charge in [-0.1, -0.05) is 7.43 Å². The van der Waals surface area contributed by atoms with Crippen molar-refractivity contribution in [1.82, 2.24) is 0 Å². The summed E-state index contributed by atoms with van der Waals surface area (Å²) in [6.45, 7) is 8.15. The Bertz CT molecular complexity index is 674. The summed E-state index contributed by atoms with van der Waals surface area (Å²) in [5, 5.41) is 24.0. The van der Waals surface area contributed by atoms with Crippen molar-refractivity contribution in [3.05, 3.63) is 0 Å². The molecule has 0 aromatic heterocycles. The van der Waals surface area contributed by atoms with Gasteiger partial charge in [0.1, 0.15) is 0 Å². The van der Waals surface area contributed by atoms with Gasteiger partial charge in [-0.05, 0) is 34.1 Å². The summed E-state index contributed by atoms with van der Waals surface area (Å²) in [6.07, 6.45) is 1.51. The number of hydrogen-bond donors (Lipinski definition) is 0. The lowest BCUT2D eigenvalue weighted by molar-refractivity contribution is 0.141. The van der Waals surface area contributed by atoms with E-state index in [9.17, 15) is 16.8 Å². The van der Waals surface area contributed by atoms with E-state index in [-0.39, 0.29) is 25.7 Å². The number of hydrogen-bond acceptors (Lipinski definition) is 9. The third kappa shape index (κ3) is 32.0. The van der Waals surface area contributed by atoms with Crippen molar-refractivity contribution in [2.24, 2.45) is 11.8 Å². The molecule has 164 valence electrons. The zero-order chi connectivity index (χ0) is 22.3. The Labute approximate surface area is 171 Å². The molecule has 0 unspecified atom stereocenters. The minimum atomic E-state index is -3.52. The molecule has 0 saturated heterocycles. The average Bonchev–Trinajstić information content (AvgIpc) is 2.44. The van der Waals surface area contributed by atoms with Crippen LogP contribution < -0.4 is 0 Å². The van der Waals surface area contributed by atoms with Crippen LogP contribution in [0.1, 0.15) is 54.9 Å². The van der Waals surface area contributed by atoms with E-state index >= 15 is 0 Å². The molecule has 0 heterocycles. The van der Waals surface area contributed by atoms with Gasteiger partial charge in [0.05, 0.1) is 42.9 Å². The third-order valence-electron chi connectivity index (χ3n) is 2.49. The molecule has 0 aliphatic carbocycles. The SMILES string of the molecule is C.CC#N.C[C@@H](C#N)C[C@@H](C)C#N.C[C@@H](C[C@H](C)OS(C)(=O)=O)OS(C)(=O)=O. The maximum atomic E-state index is 10.7. The van der Waals surface area contributed by atoms with E-state index < -0.39 is 32.4 Å². The maximum absolute atomic E-state index is 10.7. The summed E-state index contributed by atoms with van der Waals surface area (Å²) >= 11 is 0. The van der Waals surface area contributed by atoms with Gasteiger partial charge >= 0.3 is 0 Å². The summed E-state index contributed by atoms with van der Waals surface area (Å²) in [6, 6.07) is 5.91. The predicted octanol–water partition coefficient (Wildman–Crippen LogP) is 2.97. The highest BCUT2D eigenvalue weighted by molar-refractivity contribution is 7.86. The minimum Gasteiger partial charge on any atom is -0.267 e. The predicted molar refractivity (Wildman–Crippen MR) is 108 cm³/mol. The van der Waals surface area contributed by atoms with Crippen LogP contribution in [-0.2, 0) is 28.6 Å². The second kappa shape index (κ2) is 17.4. The Kier molecular flexibility index (Phi) is 21.0. The Balaban J connectivity index is -0.000000189.